The van der Waals surface area contributed by atoms with Crippen LogP contribution in [0.1, 0.15) is 32.8 Å². The van der Waals surface area contributed by atoms with Gasteiger partial charge in [-0.2, -0.15) is 0 Å². The first kappa shape index (κ1) is 32.7. The van der Waals surface area contributed by atoms with Crippen molar-refractivity contribution < 1.29 is 43.2 Å². The molecular formula is C27H38O9. The molecule has 1 aromatic carbocycles. The van der Waals surface area contributed by atoms with Crippen LogP contribution in [0.3, 0.4) is 0 Å². The minimum Gasteiger partial charge on any atom is -0.478 e. The van der Waals surface area contributed by atoms with Gasteiger partial charge in [0.15, 0.2) is 0 Å². The molecule has 200 valence electrons. The Labute approximate surface area is 213 Å². The van der Waals surface area contributed by atoms with Gasteiger partial charge in [0.25, 0.3) is 0 Å². The molecule has 9 heteroatoms. The Balaban J connectivity index is 0.00000181. The summed E-state index contributed by atoms with van der Waals surface area (Å²) in [5.74, 6) is -1.83. The molecule has 0 aliphatic heterocycles. The van der Waals surface area contributed by atoms with Crippen LogP contribution in [0.15, 0.2) is 66.8 Å². The highest BCUT2D eigenvalue weighted by Crippen LogP contribution is 2.11. The number of hydrogen-bond acceptors (Lipinski definition) is 8. The predicted octanol–water partition coefficient (Wildman–Crippen LogP) is 3.88. The summed E-state index contributed by atoms with van der Waals surface area (Å²) in [7, 11) is 0. The maximum absolute atomic E-state index is 12.2. The lowest BCUT2D eigenvalue weighted by Gasteiger charge is -2.18. The number of benzene rings is 1. The standard InChI is InChI=1S/C23H32O7.C4H6O2/c1-5-26-17-21(28-13-11-27-12-14-29-22(24)18(2)3)15-19(4)23(25)30-16-20-9-7-6-8-10-20;1-3(2)4(5)6/h6-10,21H,2,4-5,11-17H2,1,3H3;1H2,2H3,(H,5,6). The number of carboxylic acid groups (broad SMARTS) is 1. The van der Waals surface area contributed by atoms with Crippen LogP contribution in [0.2, 0.25) is 0 Å². The van der Waals surface area contributed by atoms with Gasteiger partial charge in [0.2, 0.25) is 0 Å². The quantitative estimate of drug-likeness (QED) is 0.191. The molecule has 0 spiro atoms. The van der Waals surface area contributed by atoms with Crippen molar-refractivity contribution in [1.82, 2.24) is 0 Å². The van der Waals surface area contributed by atoms with E-state index in [1.165, 1.54) is 6.92 Å². The van der Waals surface area contributed by atoms with E-state index in [0.29, 0.717) is 44.0 Å². The van der Waals surface area contributed by atoms with Crippen molar-refractivity contribution in [2.24, 2.45) is 0 Å². The Morgan fingerprint density at radius 2 is 1.47 bits per heavy atom. The third-order valence-electron chi connectivity index (χ3n) is 4.24. The number of hydrogen-bond donors (Lipinski definition) is 1. The zero-order chi connectivity index (χ0) is 27.3. The molecule has 0 saturated heterocycles. The maximum Gasteiger partial charge on any atom is 0.333 e. The Kier molecular flexibility index (Phi) is 18.2. The van der Waals surface area contributed by atoms with E-state index in [0.717, 1.165) is 5.56 Å². The fourth-order valence-corrected chi connectivity index (χ4v) is 2.29. The number of esters is 2. The zero-order valence-electron chi connectivity index (χ0n) is 21.5. The molecule has 0 radical (unpaired) electrons. The molecule has 0 heterocycles. The summed E-state index contributed by atoms with van der Waals surface area (Å²) < 4.78 is 26.8. The van der Waals surface area contributed by atoms with E-state index in [4.69, 9.17) is 28.8 Å². The van der Waals surface area contributed by atoms with Gasteiger partial charge in [0, 0.05) is 29.7 Å². The van der Waals surface area contributed by atoms with Crippen molar-refractivity contribution in [3.8, 4) is 0 Å². The number of aliphatic carboxylic acids is 1. The van der Waals surface area contributed by atoms with Crippen molar-refractivity contribution in [1.29, 1.82) is 0 Å². The Hall–Kier alpha value is -3.27. The molecule has 1 aromatic rings. The fourth-order valence-electron chi connectivity index (χ4n) is 2.29. The fraction of sp³-hybridized carbons (Fsp3) is 0.444. The molecule has 0 aliphatic carbocycles. The van der Waals surface area contributed by atoms with Gasteiger partial charge in [-0.15, -0.1) is 0 Å². The van der Waals surface area contributed by atoms with Crippen LogP contribution in [0.5, 0.6) is 0 Å². The van der Waals surface area contributed by atoms with Crippen molar-refractivity contribution in [3.05, 3.63) is 72.4 Å². The lowest BCUT2D eigenvalue weighted by molar-refractivity contribution is -0.142. The van der Waals surface area contributed by atoms with E-state index in [2.05, 4.69) is 19.7 Å². The largest absolute Gasteiger partial charge is 0.478 e. The van der Waals surface area contributed by atoms with E-state index in [1.807, 2.05) is 37.3 Å². The second-order valence-corrected chi connectivity index (χ2v) is 7.64. The van der Waals surface area contributed by atoms with Gasteiger partial charge in [0.05, 0.1) is 32.5 Å². The van der Waals surface area contributed by atoms with E-state index >= 15 is 0 Å². The predicted molar refractivity (Wildman–Crippen MR) is 135 cm³/mol. The molecule has 0 saturated carbocycles. The van der Waals surface area contributed by atoms with Crippen molar-refractivity contribution >= 4 is 17.9 Å². The highest BCUT2D eigenvalue weighted by atomic mass is 16.6. The first-order valence-electron chi connectivity index (χ1n) is 11.5. The Morgan fingerprint density at radius 3 is 2.03 bits per heavy atom. The molecule has 36 heavy (non-hydrogen) atoms. The summed E-state index contributed by atoms with van der Waals surface area (Å²) in [4.78, 5) is 33.0. The topological polar surface area (TPSA) is 118 Å². The summed E-state index contributed by atoms with van der Waals surface area (Å²) in [6, 6.07) is 9.44. The molecule has 1 unspecified atom stereocenters. The monoisotopic (exact) mass is 506 g/mol. The van der Waals surface area contributed by atoms with Crippen LogP contribution in [-0.4, -0.2) is 68.8 Å². The summed E-state index contributed by atoms with van der Waals surface area (Å²) >= 11 is 0. The SMILES string of the molecule is C=C(C)C(=O)O.C=C(C)C(=O)OCCOCCOC(COCC)CC(=C)C(=O)OCc1ccccc1. The van der Waals surface area contributed by atoms with Gasteiger partial charge in [-0.1, -0.05) is 50.1 Å². The van der Waals surface area contributed by atoms with Gasteiger partial charge in [0.1, 0.15) is 13.2 Å². The molecule has 0 amide bonds. The molecule has 1 N–H and O–H groups in total. The van der Waals surface area contributed by atoms with Crippen LogP contribution < -0.4 is 0 Å². The number of ether oxygens (including phenoxy) is 5. The molecule has 0 aliphatic rings. The molecule has 1 rings (SSSR count). The zero-order valence-corrected chi connectivity index (χ0v) is 21.5. The van der Waals surface area contributed by atoms with Crippen molar-refractivity contribution in [3.63, 3.8) is 0 Å². The van der Waals surface area contributed by atoms with E-state index in [1.54, 1.807) is 6.92 Å². The van der Waals surface area contributed by atoms with Gasteiger partial charge in [-0.25, -0.2) is 14.4 Å². The van der Waals surface area contributed by atoms with Crippen LogP contribution in [-0.2, 0) is 44.7 Å². The smallest absolute Gasteiger partial charge is 0.333 e. The third kappa shape index (κ3) is 17.2. The van der Waals surface area contributed by atoms with Crippen LogP contribution >= 0.6 is 0 Å². The first-order valence-corrected chi connectivity index (χ1v) is 11.5. The summed E-state index contributed by atoms with van der Waals surface area (Å²) in [6.45, 7) is 17.5. The normalized spacial score (nSPS) is 10.9. The van der Waals surface area contributed by atoms with Crippen molar-refractivity contribution in [2.75, 3.05) is 39.6 Å². The average Bonchev–Trinajstić information content (AvgIpc) is 2.85. The van der Waals surface area contributed by atoms with Crippen LogP contribution in [0, 0.1) is 0 Å². The van der Waals surface area contributed by atoms with Crippen LogP contribution in [0.25, 0.3) is 0 Å². The lowest BCUT2D eigenvalue weighted by Crippen LogP contribution is -2.25. The van der Waals surface area contributed by atoms with E-state index < -0.39 is 17.9 Å². The third-order valence-corrected chi connectivity index (χ3v) is 4.24. The van der Waals surface area contributed by atoms with Crippen LogP contribution in [0.4, 0.5) is 0 Å². The first-order chi connectivity index (χ1) is 17.1. The van der Waals surface area contributed by atoms with E-state index in [9.17, 15) is 14.4 Å². The molecule has 9 nitrogen and oxygen atoms in total. The summed E-state index contributed by atoms with van der Waals surface area (Å²) in [6.07, 6.45) is -0.0457. The number of carboxylic acids is 1. The van der Waals surface area contributed by atoms with Gasteiger partial charge in [-0.3, -0.25) is 0 Å². The number of carbonyl (C=O) groups is 3. The molecular weight excluding hydrogens is 468 g/mol. The maximum atomic E-state index is 12.2. The Morgan fingerprint density at radius 1 is 0.861 bits per heavy atom. The highest BCUT2D eigenvalue weighted by Gasteiger charge is 2.17. The minimum atomic E-state index is -0.935. The van der Waals surface area contributed by atoms with Gasteiger partial charge < -0.3 is 28.8 Å². The van der Waals surface area contributed by atoms with Gasteiger partial charge >= 0.3 is 17.9 Å². The van der Waals surface area contributed by atoms with Gasteiger partial charge in [-0.05, 0) is 26.3 Å². The van der Waals surface area contributed by atoms with Crippen molar-refractivity contribution in [2.45, 2.75) is 39.9 Å². The minimum absolute atomic E-state index is 0.151. The summed E-state index contributed by atoms with van der Waals surface area (Å²) in [5, 5.41) is 7.89. The van der Waals surface area contributed by atoms with E-state index in [-0.39, 0.29) is 31.5 Å². The molecule has 0 fully saturated rings. The second-order valence-electron chi connectivity index (χ2n) is 7.64. The second kappa shape index (κ2) is 20.0. The Bertz CT molecular complexity index is 834. The molecule has 1 atom stereocenters. The lowest BCUT2D eigenvalue weighted by atomic mass is 10.1. The summed E-state index contributed by atoms with van der Waals surface area (Å²) in [5.41, 5.74) is 1.75. The average molecular weight is 507 g/mol. The number of rotatable bonds is 17. The molecule has 0 bridgehead atoms. The molecule has 0 aromatic heterocycles. The highest BCUT2D eigenvalue weighted by molar-refractivity contribution is 5.88. The number of carbonyl (C=O) groups excluding carboxylic acids is 2.